The first-order valence-electron chi connectivity index (χ1n) is 9.48. The first-order chi connectivity index (χ1) is 13.2. The second-order valence-corrected chi connectivity index (χ2v) is 7.01. The standard InChI is InChI=1S/C22H25N3O2/c1-15-21(17-9-5-3-6-10-17)24-19(26-15)13-23-14-20-25-22(16(2)27-20)18-11-7-4-8-12-18/h3-12,15-16,21-23H,13-14H2,1-2H3. The first kappa shape index (κ1) is 17.7. The number of rotatable bonds is 6. The maximum atomic E-state index is 5.91. The maximum absolute atomic E-state index is 5.91. The van der Waals surface area contributed by atoms with Gasteiger partial charge in [-0.1, -0.05) is 60.7 Å². The molecule has 0 aliphatic carbocycles. The predicted octanol–water partition coefficient (Wildman–Crippen LogP) is 3.69. The van der Waals surface area contributed by atoms with E-state index in [1.807, 2.05) is 36.4 Å². The van der Waals surface area contributed by atoms with Crippen LogP contribution in [0.4, 0.5) is 0 Å². The van der Waals surface area contributed by atoms with E-state index in [9.17, 15) is 0 Å². The summed E-state index contributed by atoms with van der Waals surface area (Å²) in [4.78, 5) is 9.46. The molecule has 5 nitrogen and oxygen atoms in total. The molecule has 0 fully saturated rings. The second-order valence-electron chi connectivity index (χ2n) is 7.01. The van der Waals surface area contributed by atoms with E-state index >= 15 is 0 Å². The molecule has 0 bridgehead atoms. The normalized spacial score (nSPS) is 26.9. The highest BCUT2D eigenvalue weighted by Gasteiger charge is 2.30. The lowest BCUT2D eigenvalue weighted by molar-refractivity contribution is 0.206. The monoisotopic (exact) mass is 363 g/mol. The number of aliphatic imine (C=N–C) groups is 2. The molecule has 0 radical (unpaired) electrons. The van der Waals surface area contributed by atoms with Gasteiger partial charge in [-0.15, -0.1) is 0 Å². The fraction of sp³-hybridized carbons (Fsp3) is 0.364. The van der Waals surface area contributed by atoms with Crippen LogP contribution < -0.4 is 5.32 Å². The fourth-order valence-electron chi connectivity index (χ4n) is 3.58. The Labute approximate surface area is 160 Å². The van der Waals surface area contributed by atoms with Gasteiger partial charge in [-0.25, -0.2) is 9.98 Å². The van der Waals surface area contributed by atoms with Crippen molar-refractivity contribution in [3.8, 4) is 0 Å². The van der Waals surface area contributed by atoms with Gasteiger partial charge in [0.25, 0.3) is 0 Å². The van der Waals surface area contributed by atoms with E-state index in [0.29, 0.717) is 13.1 Å². The SMILES string of the molecule is CC1OC(CNCC2=NC(c3ccccc3)C(C)O2)=NC1c1ccccc1. The molecule has 5 heteroatoms. The molecule has 4 unspecified atom stereocenters. The highest BCUT2D eigenvalue weighted by atomic mass is 16.5. The molecule has 2 aliphatic heterocycles. The van der Waals surface area contributed by atoms with E-state index in [2.05, 4.69) is 43.4 Å². The number of nitrogens with zero attached hydrogens (tertiary/aromatic N) is 2. The van der Waals surface area contributed by atoms with E-state index in [1.54, 1.807) is 0 Å². The Morgan fingerprint density at radius 2 is 1.11 bits per heavy atom. The highest BCUT2D eigenvalue weighted by Crippen LogP contribution is 2.29. The van der Waals surface area contributed by atoms with Crippen LogP contribution in [0.1, 0.15) is 37.1 Å². The van der Waals surface area contributed by atoms with Gasteiger partial charge in [0, 0.05) is 0 Å². The van der Waals surface area contributed by atoms with Crippen molar-refractivity contribution in [3.05, 3.63) is 71.8 Å². The first-order valence-corrected chi connectivity index (χ1v) is 9.48. The van der Waals surface area contributed by atoms with Gasteiger partial charge in [-0.05, 0) is 25.0 Å². The number of nitrogens with one attached hydrogen (secondary N) is 1. The van der Waals surface area contributed by atoms with E-state index in [1.165, 1.54) is 11.1 Å². The average molecular weight is 363 g/mol. The second kappa shape index (κ2) is 7.92. The van der Waals surface area contributed by atoms with Gasteiger partial charge >= 0.3 is 0 Å². The van der Waals surface area contributed by atoms with Crippen LogP contribution in [0.15, 0.2) is 70.6 Å². The van der Waals surface area contributed by atoms with Crippen LogP contribution in [0.3, 0.4) is 0 Å². The van der Waals surface area contributed by atoms with Gasteiger partial charge in [-0.3, -0.25) is 0 Å². The Hall–Kier alpha value is -2.66. The number of ether oxygens (including phenoxy) is 2. The summed E-state index contributed by atoms with van der Waals surface area (Å²) < 4.78 is 11.8. The zero-order valence-corrected chi connectivity index (χ0v) is 15.7. The molecular weight excluding hydrogens is 338 g/mol. The van der Waals surface area contributed by atoms with Crippen molar-refractivity contribution in [1.29, 1.82) is 0 Å². The number of hydrogen-bond donors (Lipinski definition) is 1. The predicted molar refractivity (Wildman–Crippen MR) is 107 cm³/mol. The summed E-state index contributed by atoms with van der Waals surface area (Å²) >= 11 is 0. The third-order valence-corrected chi connectivity index (χ3v) is 4.93. The molecule has 140 valence electrons. The summed E-state index contributed by atoms with van der Waals surface area (Å²) in [6.07, 6.45) is 0.0958. The lowest BCUT2D eigenvalue weighted by atomic mass is 10.0. The van der Waals surface area contributed by atoms with E-state index in [4.69, 9.17) is 19.5 Å². The lowest BCUT2D eigenvalue weighted by Gasteiger charge is -2.13. The zero-order valence-electron chi connectivity index (χ0n) is 15.7. The van der Waals surface area contributed by atoms with Crippen LogP contribution in [0.25, 0.3) is 0 Å². The summed E-state index contributed by atoms with van der Waals surface area (Å²) in [5, 5.41) is 3.34. The maximum Gasteiger partial charge on any atom is 0.198 e. The van der Waals surface area contributed by atoms with Crippen LogP contribution in [-0.2, 0) is 9.47 Å². The Morgan fingerprint density at radius 1 is 0.704 bits per heavy atom. The molecule has 0 amide bonds. The zero-order chi connectivity index (χ0) is 18.6. The summed E-state index contributed by atoms with van der Waals surface area (Å²) in [5.74, 6) is 1.48. The quantitative estimate of drug-likeness (QED) is 0.851. The summed E-state index contributed by atoms with van der Waals surface area (Å²) in [6, 6.07) is 20.7. The molecule has 2 aromatic rings. The van der Waals surface area contributed by atoms with Crippen molar-refractivity contribution >= 4 is 11.8 Å². The van der Waals surface area contributed by atoms with Crippen molar-refractivity contribution in [2.45, 2.75) is 38.1 Å². The minimum Gasteiger partial charge on any atom is -0.474 e. The summed E-state index contributed by atoms with van der Waals surface area (Å²) in [5.41, 5.74) is 2.37. The Kier molecular flexibility index (Phi) is 5.21. The molecule has 4 rings (SSSR count). The average Bonchev–Trinajstić information content (AvgIpc) is 3.25. The molecule has 0 saturated heterocycles. The minimum absolute atomic E-state index is 0.0479. The van der Waals surface area contributed by atoms with Gasteiger partial charge in [0.1, 0.15) is 24.3 Å². The van der Waals surface area contributed by atoms with Gasteiger partial charge < -0.3 is 14.8 Å². The van der Waals surface area contributed by atoms with Gasteiger partial charge in [0.05, 0.1) is 13.1 Å². The molecule has 1 N–H and O–H groups in total. The van der Waals surface area contributed by atoms with E-state index in [0.717, 1.165) is 11.8 Å². The molecule has 4 atom stereocenters. The van der Waals surface area contributed by atoms with Gasteiger partial charge in [0.15, 0.2) is 11.8 Å². The fourth-order valence-corrected chi connectivity index (χ4v) is 3.58. The van der Waals surface area contributed by atoms with Crippen molar-refractivity contribution in [2.24, 2.45) is 9.98 Å². The van der Waals surface area contributed by atoms with Crippen molar-refractivity contribution in [3.63, 3.8) is 0 Å². The summed E-state index contributed by atoms with van der Waals surface area (Å²) in [7, 11) is 0. The molecule has 0 spiro atoms. The van der Waals surface area contributed by atoms with Crippen molar-refractivity contribution in [1.82, 2.24) is 5.32 Å². The molecule has 0 saturated carbocycles. The Morgan fingerprint density at radius 3 is 1.52 bits per heavy atom. The third kappa shape index (κ3) is 4.03. The Bertz CT molecular complexity index is 750. The molecule has 2 aliphatic rings. The highest BCUT2D eigenvalue weighted by molar-refractivity contribution is 5.83. The van der Waals surface area contributed by atoms with Crippen molar-refractivity contribution in [2.75, 3.05) is 13.1 Å². The van der Waals surface area contributed by atoms with Crippen molar-refractivity contribution < 1.29 is 9.47 Å². The molecule has 27 heavy (non-hydrogen) atoms. The smallest absolute Gasteiger partial charge is 0.198 e. The van der Waals surface area contributed by atoms with Crippen LogP contribution in [0.2, 0.25) is 0 Å². The molecule has 0 aromatic heterocycles. The van der Waals surface area contributed by atoms with E-state index < -0.39 is 0 Å². The molecule has 2 aromatic carbocycles. The summed E-state index contributed by atoms with van der Waals surface area (Å²) in [6.45, 7) is 5.26. The topological polar surface area (TPSA) is 55.2 Å². The Balaban J connectivity index is 1.33. The van der Waals surface area contributed by atoms with Crippen LogP contribution in [-0.4, -0.2) is 37.1 Å². The molecule has 2 heterocycles. The van der Waals surface area contributed by atoms with Crippen LogP contribution >= 0.6 is 0 Å². The lowest BCUT2D eigenvalue weighted by Crippen LogP contribution is -2.30. The number of hydrogen-bond acceptors (Lipinski definition) is 5. The van der Waals surface area contributed by atoms with Gasteiger partial charge in [0.2, 0.25) is 0 Å². The largest absolute Gasteiger partial charge is 0.474 e. The third-order valence-electron chi connectivity index (χ3n) is 4.93. The van der Waals surface area contributed by atoms with Crippen LogP contribution in [0, 0.1) is 0 Å². The van der Waals surface area contributed by atoms with Crippen LogP contribution in [0.5, 0.6) is 0 Å². The number of benzene rings is 2. The van der Waals surface area contributed by atoms with E-state index in [-0.39, 0.29) is 24.3 Å². The minimum atomic E-state index is 0.0479. The molecular formula is C22H25N3O2. The van der Waals surface area contributed by atoms with Gasteiger partial charge in [-0.2, -0.15) is 0 Å².